The van der Waals surface area contributed by atoms with Gasteiger partial charge in [0.1, 0.15) is 11.6 Å². The van der Waals surface area contributed by atoms with Crippen LogP contribution in [-0.2, 0) is 16.6 Å². The minimum absolute atomic E-state index is 0.140. The molecule has 2 heterocycles. The molecule has 0 aliphatic carbocycles. The largest absolute Gasteiger partial charge is 0.437 e. The maximum atomic E-state index is 14.0. The molecule has 0 unspecified atom stereocenters. The zero-order valence-electron chi connectivity index (χ0n) is 12.8. The van der Waals surface area contributed by atoms with Crippen molar-refractivity contribution in [2.75, 3.05) is 4.31 Å². The fourth-order valence-corrected chi connectivity index (χ4v) is 4.33. The standard InChI is InChI=1S/C17H12FN3O3S/c18-13-7-14(9-15(8-13)24-17-10-19-5-6-20-17)21-11-12-3-1-2-4-16(12)25(21,22)23/h1-10H,11H2. The molecular formula is C17H12FN3O3S. The first-order chi connectivity index (χ1) is 12.0. The molecule has 0 N–H and O–H groups in total. The van der Waals surface area contributed by atoms with Crippen LogP contribution >= 0.6 is 0 Å². The maximum Gasteiger partial charge on any atom is 0.264 e. The number of rotatable bonds is 3. The van der Waals surface area contributed by atoms with E-state index in [9.17, 15) is 12.8 Å². The lowest BCUT2D eigenvalue weighted by Crippen LogP contribution is -2.23. The van der Waals surface area contributed by atoms with Crippen LogP contribution in [0.3, 0.4) is 0 Å². The Hall–Kier alpha value is -3.00. The van der Waals surface area contributed by atoms with Gasteiger partial charge in [0, 0.05) is 24.5 Å². The molecule has 25 heavy (non-hydrogen) atoms. The molecule has 0 fully saturated rings. The minimum atomic E-state index is -3.72. The Balaban J connectivity index is 1.72. The Kier molecular flexibility index (Phi) is 3.61. The molecule has 0 saturated carbocycles. The lowest BCUT2D eigenvalue weighted by atomic mass is 10.2. The van der Waals surface area contributed by atoms with Crippen molar-refractivity contribution in [3.63, 3.8) is 0 Å². The molecule has 8 heteroatoms. The fraction of sp³-hybridized carbons (Fsp3) is 0.0588. The van der Waals surface area contributed by atoms with E-state index in [-0.39, 0.29) is 28.8 Å². The van der Waals surface area contributed by atoms with Crippen molar-refractivity contribution in [3.8, 4) is 11.6 Å². The van der Waals surface area contributed by atoms with Gasteiger partial charge < -0.3 is 4.74 Å². The van der Waals surface area contributed by atoms with Crippen LogP contribution in [0.1, 0.15) is 5.56 Å². The molecule has 126 valence electrons. The number of nitrogens with zero attached hydrogens (tertiary/aromatic N) is 3. The summed E-state index contributed by atoms with van der Waals surface area (Å²) in [7, 11) is -3.72. The fourth-order valence-electron chi connectivity index (χ4n) is 2.68. The summed E-state index contributed by atoms with van der Waals surface area (Å²) in [6.07, 6.45) is 4.31. The monoisotopic (exact) mass is 357 g/mol. The zero-order valence-corrected chi connectivity index (χ0v) is 13.6. The average molecular weight is 357 g/mol. The van der Waals surface area contributed by atoms with Gasteiger partial charge in [-0.2, -0.15) is 0 Å². The van der Waals surface area contributed by atoms with Gasteiger partial charge in [-0.3, -0.25) is 9.29 Å². The molecule has 0 radical (unpaired) electrons. The number of halogens is 1. The van der Waals surface area contributed by atoms with Crippen LogP contribution in [-0.4, -0.2) is 18.4 Å². The van der Waals surface area contributed by atoms with E-state index in [1.165, 1.54) is 24.7 Å². The highest BCUT2D eigenvalue weighted by molar-refractivity contribution is 7.93. The first-order valence-electron chi connectivity index (χ1n) is 7.39. The SMILES string of the molecule is O=S1(=O)c2ccccc2CN1c1cc(F)cc(Oc2cnccn2)c1. The van der Waals surface area contributed by atoms with Gasteiger partial charge in [-0.15, -0.1) is 0 Å². The molecule has 4 rings (SSSR count). The summed E-state index contributed by atoms with van der Waals surface area (Å²) in [4.78, 5) is 8.05. The number of benzene rings is 2. The van der Waals surface area contributed by atoms with Gasteiger partial charge in [0.15, 0.2) is 0 Å². The second-order valence-electron chi connectivity index (χ2n) is 5.41. The molecule has 1 aliphatic heterocycles. The van der Waals surface area contributed by atoms with E-state index in [1.54, 1.807) is 24.3 Å². The van der Waals surface area contributed by atoms with Crippen LogP contribution in [0.2, 0.25) is 0 Å². The molecule has 0 bridgehead atoms. The van der Waals surface area contributed by atoms with Crippen molar-refractivity contribution in [3.05, 3.63) is 72.4 Å². The quantitative estimate of drug-likeness (QED) is 0.720. The van der Waals surface area contributed by atoms with Crippen LogP contribution in [0.4, 0.5) is 10.1 Å². The van der Waals surface area contributed by atoms with Gasteiger partial charge in [-0.05, 0) is 17.7 Å². The van der Waals surface area contributed by atoms with Gasteiger partial charge in [0.25, 0.3) is 10.0 Å². The summed E-state index contributed by atoms with van der Waals surface area (Å²) in [5, 5.41) is 0. The second-order valence-corrected chi connectivity index (χ2v) is 7.24. The minimum Gasteiger partial charge on any atom is -0.437 e. The van der Waals surface area contributed by atoms with Crippen molar-refractivity contribution in [2.24, 2.45) is 0 Å². The Morgan fingerprint density at radius 1 is 1.12 bits per heavy atom. The Labute approximate surface area is 143 Å². The van der Waals surface area contributed by atoms with Crippen molar-refractivity contribution >= 4 is 15.7 Å². The van der Waals surface area contributed by atoms with Gasteiger partial charge >= 0.3 is 0 Å². The molecule has 0 saturated heterocycles. The van der Waals surface area contributed by atoms with Crippen molar-refractivity contribution in [1.29, 1.82) is 0 Å². The van der Waals surface area contributed by atoms with Crippen molar-refractivity contribution in [2.45, 2.75) is 11.4 Å². The van der Waals surface area contributed by atoms with E-state index < -0.39 is 15.8 Å². The molecule has 1 aliphatic rings. The number of aromatic nitrogens is 2. The van der Waals surface area contributed by atoms with Crippen LogP contribution < -0.4 is 9.04 Å². The summed E-state index contributed by atoms with van der Waals surface area (Å²) >= 11 is 0. The molecular weight excluding hydrogens is 345 g/mol. The normalized spacial score (nSPS) is 15.0. The van der Waals surface area contributed by atoms with Gasteiger partial charge in [0.05, 0.1) is 23.3 Å². The Morgan fingerprint density at radius 2 is 1.96 bits per heavy atom. The van der Waals surface area contributed by atoms with E-state index in [4.69, 9.17) is 4.74 Å². The lowest BCUT2D eigenvalue weighted by Gasteiger charge is -2.18. The van der Waals surface area contributed by atoms with Crippen LogP contribution in [0.5, 0.6) is 11.6 Å². The van der Waals surface area contributed by atoms with E-state index in [1.807, 2.05) is 0 Å². The van der Waals surface area contributed by atoms with Crippen molar-refractivity contribution < 1.29 is 17.5 Å². The molecule has 1 aromatic heterocycles. The number of sulfonamides is 1. The predicted molar refractivity (Wildman–Crippen MR) is 88.3 cm³/mol. The van der Waals surface area contributed by atoms with E-state index in [0.29, 0.717) is 5.56 Å². The zero-order chi connectivity index (χ0) is 17.4. The molecule has 0 atom stereocenters. The average Bonchev–Trinajstić information content (AvgIpc) is 2.87. The number of fused-ring (bicyclic) bond motifs is 1. The Bertz CT molecular complexity index is 1040. The summed E-state index contributed by atoms with van der Waals surface area (Å²) in [5.41, 5.74) is 0.859. The number of hydrogen-bond donors (Lipinski definition) is 0. The van der Waals surface area contributed by atoms with Crippen LogP contribution in [0.15, 0.2) is 66.0 Å². The summed E-state index contributed by atoms with van der Waals surface area (Å²) in [6, 6.07) is 10.5. The number of hydrogen-bond acceptors (Lipinski definition) is 5. The summed E-state index contributed by atoms with van der Waals surface area (Å²) in [5.74, 6) is -0.282. The first kappa shape index (κ1) is 15.5. The predicted octanol–water partition coefficient (Wildman–Crippen LogP) is 3.12. The number of ether oxygens (including phenoxy) is 1. The third-order valence-corrected chi connectivity index (χ3v) is 5.63. The first-order valence-corrected chi connectivity index (χ1v) is 8.83. The van der Waals surface area contributed by atoms with Crippen LogP contribution in [0, 0.1) is 5.82 Å². The highest BCUT2D eigenvalue weighted by atomic mass is 32.2. The molecule has 0 amide bonds. The lowest BCUT2D eigenvalue weighted by molar-refractivity contribution is 0.455. The molecule has 0 spiro atoms. The van der Waals surface area contributed by atoms with E-state index in [0.717, 1.165) is 16.4 Å². The summed E-state index contributed by atoms with van der Waals surface area (Å²) < 4.78 is 46.1. The Morgan fingerprint density at radius 3 is 2.72 bits per heavy atom. The molecule has 3 aromatic rings. The third-order valence-electron chi connectivity index (χ3n) is 3.76. The highest BCUT2D eigenvalue weighted by Gasteiger charge is 2.34. The summed E-state index contributed by atoms with van der Waals surface area (Å²) in [6.45, 7) is 0.145. The van der Waals surface area contributed by atoms with Gasteiger partial charge in [-0.1, -0.05) is 18.2 Å². The van der Waals surface area contributed by atoms with Crippen LogP contribution in [0.25, 0.3) is 0 Å². The highest BCUT2D eigenvalue weighted by Crippen LogP contribution is 2.36. The molecule has 2 aromatic carbocycles. The van der Waals surface area contributed by atoms with Gasteiger partial charge in [-0.25, -0.2) is 17.8 Å². The maximum absolute atomic E-state index is 14.0. The topological polar surface area (TPSA) is 72.4 Å². The van der Waals surface area contributed by atoms with Gasteiger partial charge in [0.2, 0.25) is 5.88 Å². The van der Waals surface area contributed by atoms with E-state index in [2.05, 4.69) is 9.97 Å². The molecule has 6 nitrogen and oxygen atoms in total. The van der Waals surface area contributed by atoms with E-state index >= 15 is 0 Å². The van der Waals surface area contributed by atoms with Crippen molar-refractivity contribution in [1.82, 2.24) is 9.97 Å². The second kappa shape index (κ2) is 5.82. The third kappa shape index (κ3) is 2.80. The smallest absolute Gasteiger partial charge is 0.264 e. The number of anilines is 1.